The van der Waals surface area contributed by atoms with Crippen LogP contribution in [-0.2, 0) is 12.6 Å². The van der Waals surface area contributed by atoms with E-state index in [0.717, 1.165) is 17.8 Å². The Balaban J connectivity index is 1.72. The minimum Gasteiger partial charge on any atom is -0.352 e. The summed E-state index contributed by atoms with van der Waals surface area (Å²) >= 11 is 4.37. The second-order valence-electron chi connectivity index (χ2n) is 6.54. The third kappa shape index (κ3) is 3.71. The van der Waals surface area contributed by atoms with Crippen LogP contribution in [0.1, 0.15) is 38.1 Å². The van der Waals surface area contributed by atoms with Crippen molar-refractivity contribution in [2.24, 2.45) is 0 Å². The van der Waals surface area contributed by atoms with Gasteiger partial charge in [0.1, 0.15) is 5.82 Å². The standard InChI is InChI=1S/C19H14F4N4OS/c20-12-6-10(5-11(7-12)19(21,22)23)17(29)15-8-13(1-3-24-15)27-16-2-4-25-18(28)14(16)9-26-27/h1,3,5-9,17,29H,2,4H2,(H,25,28). The Kier molecular flexibility index (Phi) is 4.81. The molecule has 1 atom stereocenters. The summed E-state index contributed by atoms with van der Waals surface area (Å²) < 4.78 is 54.4. The molecule has 4 rings (SSSR count). The highest BCUT2D eigenvalue weighted by Gasteiger charge is 2.32. The zero-order valence-electron chi connectivity index (χ0n) is 14.7. The van der Waals surface area contributed by atoms with E-state index >= 15 is 0 Å². The van der Waals surface area contributed by atoms with Crippen LogP contribution in [0.3, 0.4) is 0 Å². The molecule has 1 unspecified atom stereocenters. The molecule has 3 heterocycles. The van der Waals surface area contributed by atoms with Gasteiger partial charge in [-0.25, -0.2) is 9.07 Å². The van der Waals surface area contributed by atoms with Crippen molar-refractivity contribution in [2.75, 3.05) is 6.54 Å². The van der Waals surface area contributed by atoms with E-state index in [0.29, 0.717) is 36.0 Å². The average Bonchev–Trinajstić information content (AvgIpc) is 3.12. The molecule has 10 heteroatoms. The highest BCUT2D eigenvalue weighted by atomic mass is 32.1. The van der Waals surface area contributed by atoms with E-state index in [1.807, 2.05) is 0 Å². The average molecular weight is 422 g/mol. The summed E-state index contributed by atoms with van der Waals surface area (Å²) in [6.07, 6.45) is -1.16. The predicted octanol–water partition coefficient (Wildman–Crippen LogP) is 3.73. The van der Waals surface area contributed by atoms with Crippen LogP contribution in [0.4, 0.5) is 17.6 Å². The van der Waals surface area contributed by atoms with Crippen molar-refractivity contribution in [3.63, 3.8) is 0 Å². The van der Waals surface area contributed by atoms with Crippen LogP contribution in [0.2, 0.25) is 0 Å². The lowest BCUT2D eigenvalue weighted by Crippen LogP contribution is -2.32. The number of amides is 1. The van der Waals surface area contributed by atoms with Crippen molar-refractivity contribution in [2.45, 2.75) is 17.8 Å². The van der Waals surface area contributed by atoms with Gasteiger partial charge >= 0.3 is 6.18 Å². The van der Waals surface area contributed by atoms with Crippen molar-refractivity contribution in [1.82, 2.24) is 20.1 Å². The molecule has 0 aliphatic carbocycles. The molecule has 0 spiro atoms. The molecule has 29 heavy (non-hydrogen) atoms. The summed E-state index contributed by atoms with van der Waals surface area (Å²) in [6, 6.07) is 5.57. The summed E-state index contributed by atoms with van der Waals surface area (Å²) in [4.78, 5) is 16.1. The van der Waals surface area contributed by atoms with Gasteiger partial charge in [-0.1, -0.05) is 0 Å². The van der Waals surface area contributed by atoms with Crippen LogP contribution in [0.15, 0.2) is 42.7 Å². The highest BCUT2D eigenvalue weighted by Crippen LogP contribution is 2.35. The number of hydrogen-bond donors (Lipinski definition) is 2. The second kappa shape index (κ2) is 7.18. The molecule has 1 aliphatic rings. The molecular weight excluding hydrogens is 408 g/mol. The van der Waals surface area contributed by atoms with Gasteiger partial charge in [0.25, 0.3) is 5.91 Å². The number of nitrogens with one attached hydrogen (secondary N) is 1. The highest BCUT2D eigenvalue weighted by molar-refractivity contribution is 7.80. The number of fused-ring (bicyclic) bond motifs is 1. The largest absolute Gasteiger partial charge is 0.416 e. The molecular formula is C19H14F4N4OS. The number of rotatable bonds is 3. The number of pyridine rings is 1. The third-order valence-electron chi connectivity index (χ3n) is 4.61. The fourth-order valence-corrected chi connectivity index (χ4v) is 3.53. The molecule has 0 radical (unpaired) electrons. The molecule has 150 valence electrons. The molecule has 0 fully saturated rings. The lowest BCUT2D eigenvalue weighted by molar-refractivity contribution is -0.137. The van der Waals surface area contributed by atoms with Crippen LogP contribution >= 0.6 is 12.6 Å². The van der Waals surface area contributed by atoms with Gasteiger partial charge < -0.3 is 5.32 Å². The zero-order valence-corrected chi connectivity index (χ0v) is 15.6. The van der Waals surface area contributed by atoms with Gasteiger partial charge in [0, 0.05) is 19.2 Å². The topological polar surface area (TPSA) is 59.8 Å². The van der Waals surface area contributed by atoms with E-state index in [1.165, 1.54) is 12.4 Å². The molecule has 5 nitrogen and oxygen atoms in total. The van der Waals surface area contributed by atoms with Crippen molar-refractivity contribution in [3.05, 3.63) is 76.6 Å². The van der Waals surface area contributed by atoms with Crippen LogP contribution in [0, 0.1) is 5.82 Å². The second-order valence-corrected chi connectivity index (χ2v) is 7.05. The fourth-order valence-electron chi connectivity index (χ4n) is 3.24. The number of hydrogen-bond acceptors (Lipinski definition) is 4. The molecule has 1 aromatic carbocycles. The summed E-state index contributed by atoms with van der Waals surface area (Å²) in [5.41, 5.74) is 1.05. The van der Waals surface area contributed by atoms with Crippen molar-refractivity contribution in [3.8, 4) is 5.69 Å². The maximum Gasteiger partial charge on any atom is 0.416 e. The van der Waals surface area contributed by atoms with Crippen molar-refractivity contribution in [1.29, 1.82) is 0 Å². The minimum absolute atomic E-state index is 0.0344. The van der Waals surface area contributed by atoms with Gasteiger partial charge in [0.05, 0.1) is 39.6 Å². The smallest absolute Gasteiger partial charge is 0.352 e. The quantitative estimate of drug-likeness (QED) is 0.500. The van der Waals surface area contributed by atoms with Gasteiger partial charge in [0.2, 0.25) is 0 Å². The Bertz CT molecular complexity index is 1100. The first-order valence-corrected chi connectivity index (χ1v) is 9.13. The molecule has 1 aliphatic heterocycles. The first kappa shape index (κ1) is 19.4. The van der Waals surface area contributed by atoms with Crippen LogP contribution in [-0.4, -0.2) is 27.2 Å². The third-order valence-corrected chi connectivity index (χ3v) is 5.18. The van der Waals surface area contributed by atoms with Gasteiger partial charge in [-0.05, 0) is 35.9 Å². The summed E-state index contributed by atoms with van der Waals surface area (Å²) in [7, 11) is 0. The SMILES string of the molecule is O=C1NCCc2c1cnn2-c1ccnc(C(S)c2cc(F)cc(C(F)(F)F)c2)c1. The van der Waals surface area contributed by atoms with E-state index < -0.39 is 22.8 Å². The summed E-state index contributed by atoms with van der Waals surface area (Å²) in [5.74, 6) is -1.21. The molecule has 2 aromatic heterocycles. The van der Waals surface area contributed by atoms with E-state index in [1.54, 1.807) is 16.8 Å². The van der Waals surface area contributed by atoms with Gasteiger partial charge in [-0.3, -0.25) is 9.78 Å². The van der Waals surface area contributed by atoms with Crippen molar-refractivity contribution >= 4 is 18.5 Å². The molecule has 0 bridgehead atoms. The normalized spacial score (nSPS) is 15.0. The fraction of sp³-hybridized carbons (Fsp3) is 0.211. The van der Waals surface area contributed by atoms with Gasteiger partial charge in [-0.2, -0.15) is 30.9 Å². The van der Waals surface area contributed by atoms with E-state index in [4.69, 9.17) is 0 Å². The van der Waals surface area contributed by atoms with Crippen LogP contribution < -0.4 is 5.32 Å². The van der Waals surface area contributed by atoms with Crippen LogP contribution in [0.25, 0.3) is 5.69 Å². The minimum atomic E-state index is -4.67. The number of halogens is 4. The molecule has 3 aromatic rings. The first-order valence-electron chi connectivity index (χ1n) is 8.61. The van der Waals surface area contributed by atoms with Gasteiger partial charge in [0.15, 0.2) is 0 Å². The lowest BCUT2D eigenvalue weighted by Gasteiger charge is -2.17. The van der Waals surface area contributed by atoms with E-state index in [9.17, 15) is 22.4 Å². The number of aromatic nitrogens is 3. The number of alkyl halides is 3. The van der Waals surface area contributed by atoms with Crippen LogP contribution in [0.5, 0.6) is 0 Å². The Morgan fingerprint density at radius 3 is 2.76 bits per heavy atom. The number of carbonyl (C=O) groups is 1. The van der Waals surface area contributed by atoms with Gasteiger partial charge in [-0.15, -0.1) is 0 Å². The number of carbonyl (C=O) groups excluding carboxylic acids is 1. The number of thiol groups is 1. The molecule has 1 amide bonds. The van der Waals surface area contributed by atoms with Crippen molar-refractivity contribution < 1.29 is 22.4 Å². The Morgan fingerprint density at radius 2 is 2.00 bits per heavy atom. The number of nitrogens with zero attached hydrogens (tertiary/aromatic N) is 3. The first-order chi connectivity index (χ1) is 13.7. The van der Waals surface area contributed by atoms with E-state index in [2.05, 4.69) is 28.0 Å². The Morgan fingerprint density at radius 1 is 1.21 bits per heavy atom. The number of benzene rings is 1. The maximum atomic E-state index is 13.8. The maximum absolute atomic E-state index is 13.8. The Labute approximate surface area is 168 Å². The predicted molar refractivity (Wildman–Crippen MR) is 99.6 cm³/mol. The van der Waals surface area contributed by atoms with E-state index in [-0.39, 0.29) is 11.5 Å². The molecule has 0 saturated carbocycles. The molecule has 1 N–H and O–H groups in total. The summed E-state index contributed by atoms with van der Waals surface area (Å²) in [5, 5.41) is 6.09. The summed E-state index contributed by atoms with van der Waals surface area (Å²) in [6.45, 7) is 0.480. The monoisotopic (exact) mass is 422 g/mol. The zero-order chi connectivity index (χ0) is 20.8. The Hall–Kier alpha value is -2.88. The lowest BCUT2D eigenvalue weighted by atomic mass is 10.0. The molecule has 0 saturated heterocycles.